The van der Waals surface area contributed by atoms with Crippen molar-refractivity contribution in [3.63, 3.8) is 0 Å². The fourth-order valence-corrected chi connectivity index (χ4v) is 2.11. The molecule has 0 unspecified atom stereocenters. The summed E-state index contributed by atoms with van der Waals surface area (Å²) in [6.45, 7) is 7.26. The van der Waals surface area contributed by atoms with Crippen LogP contribution in [-0.2, 0) is 6.54 Å². The summed E-state index contributed by atoms with van der Waals surface area (Å²) in [4.78, 5) is 0. The van der Waals surface area contributed by atoms with E-state index in [2.05, 4.69) is 73.0 Å². The molecule has 0 amide bonds. The van der Waals surface area contributed by atoms with Crippen LogP contribution < -0.4 is 10.6 Å². The zero-order valence-corrected chi connectivity index (χ0v) is 13.6. The highest BCUT2D eigenvalue weighted by Gasteiger charge is 1.98. The highest BCUT2D eigenvalue weighted by atomic mass is 35.5. The van der Waals surface area contributed by atoms with Crippen molar-refractivity contribution in [2.24, 2.45) is 0 Å². The van der Waals surface area contributed by atoms with Gasteiger partial charge < -0.3 is 10.6 Å². The van der Waals surface area contributed by atoms with Crippen molar-refractivity contribution in [1.29, 1.82) is 0 Å². The molecule has 0 bridgehead atoms. The molecule has 0 aliphatic carbocycles. The van der Waals surface area contributed by atoms with Crippen molar-refractivity contribution < 1.29 is 0 Å². The number of hydrogen-bond donors (Lipinski definition) is 2. The molecule has 0 aliphatic rings. The van der Waals surface area contributed by atoms with Crippen LogP contribution in [0.25, 0.3) is 0 Å². The highest BCUT2D eigenvalue weighted by molar-refractivity contribution is 5.85. The molecule has 0 heterocycles. The average molecular weight is 305 g/mol. The third-order valence-corrected chi connectivity index (χ3v) is 3.38. The zero-order chi connectivity index (χ0) is 14.2. The maximum Gasteiger partial charge on any atom is 0.0340 e. The van der Waals surface area contributed by atoms with Crippen LogP contribution in [0.5, 0.6) is 0 Å². The van der Waals surface area contributed by atoms with Crippen LogP contribution in [0.2, 0.25) is 0 Å². The van der Waals surface area contributed by atoms with E-state index in [1.54, 1.807) is 0 Å². The quantitative estimate of drug-likeness (QED) is 0.739. The minimum absolute atomic E-state index is 0. The molecule has 0 saturated heterocycles. The van der Waals surface area contributed by atoms with E-state index in [0.717, 1.165) is 19.6 Å². The van der Waals surface area contributed by atoms with Gasteiger partial charge in [0.25, 0.3) is 0 Å². The van der Waals surface area contributed by atoms with Gasteiger partial charge in [-0.15, -0.1) is 12.4 Å². The molecule has 2 aromatic carbocycles. The van der Waals surface area contributed by atoms with Crippen LogP contribution in [0, 0.1) is 0 Å². The van der Waals surface area contributed by atoms with E-state index in [1.165, 1.54) is 16.8 Å². The molecule has 0 saturated carbocycles. The molecule has 2 aromatic rings. The van der Waals surface area contributed by atoms with E-state index in [4.69, 9.17) is 0 Å². The molecule has 2 rings (SSSR count). The smallest absolute Gasteiger partial charge is 0.0340 e. The predicted octanol–water partition coefficient (Wildman–Crippen LogP) is 4.43. The van der Waals surface area contributed by atoms with Gasteiger partial charge in [0.15, 0.2) is 0 Å². The predicted molar refractivity (Wildman–Crippen MR) is 94.4 cm³/mol. The SMILES string of the molecule is CC(C)c1ccc(NCCNCc2ccccc2)cc1.Cl. The Morgan fingerprint density at radius 1 is 0.857 bits per heavy atom. The Labute approximate surface area is 134 Å². The van der Waals surface area contributed by atoms with E-state index in [9.17, 15) is 0 Å². The molecule has 0 atom stereocenters. The number of halogens is 1. The van der Waals surface area contributed by atoms with Crippen molar-refractivity contribution in [2.75, 3.05) is 18.4 Å². The van der Waals surface area contributed by atoms with Gasteiger partial charge in [0.2, 0.25) is 0 Å². The molecule has 2 nitrogen and oxygen atoms in total. The Morgan fingerprint density at radius 3 is 2.14 bits per heavy atom. The number of rotatable bonds is 7. The molecule has 0 aliphatic heterocycles. The van der Waals surface area contributed by atoms with Crippen LogP contribution in [0.3, 0.4) is 0 Å². The van der Waals surface area contributed by atoms with Crippen LogP contribution >= 0.6 is 12.4 Å². The topological polar surface area (TPSA) is 24.1 Å². The van der Waals surface area contributed by atoms with Crippen LogP contribution in [-0.4, -0.2) is 13.1 Å². The maximum atomic E-state index is 3.44. The monoisotopic (exact) mass is 304 g/mol. The second-order valence-electron chi connectivity index (χ2n) is 5.37. The van der Waals surface area contributed by atoms with E-state index in [0.29, 0.717) is 5.92 Å². The largest absolute Gasteiger partial charge is 0.384 e. The van der Waals surface area contributed by atoms with E-state index in [1.807, 2.05) is 6.07 Å². The molecule has 114 valence electrons. The molecule has 0 fully saturated rings. The Bertz CT molecular complexity index is 494. The Morgan fingerprint density at radius 2 is 1.52 bits per heavy atom. The number of benzene rings is 2. The van der Waals surface area contributed by atoms with E-state index >= 15 is 0 Å². The van der Waals surface area contributed by atoms with Gasteiger partial charge in [0.05, 0.1) is 0 Å². The summed E-state index contributed by atoms with van der Waals surface area (Å²) >= 11 is 0. The summed E-state index contributed by atoms with van der Waals surface area (Å²) in [6.07, 6.45) is 0. The average Bonchev–Trinajstić information content (AvgIpc) is 2.48. The van der Waals surface area contributed by atoms with Crippen molar-refractivity contribution in [1.82, 2.24) is 5.32 Å². The zero-order valence-electron chi connectivity index (χ0n) is 12.8. The lowest BCUT2D eigenvalue weighted by Crippen LogP contribution is -2.21. The summed E-state index contributed by atoms with van der Waals surface area (Å²) in [5, 5.41) is 6.87. The molecule has 0 spiro atoms. The van der Waals surface area contributed by atoms with Crippen LogP contribution in [0.4, 0.5) is 5.69 Å². The number of hydrogen-bond acceptors (Lipinski definition) is 2. The molecule has 2 N–H and O–H groups in total. The second-order valence-corrected chi connectivity index (χ2v) is 5.37. The van der Waals surface area contributed by atoms with Crippen LogP contribution in [0.15, 0.2) is 54.6 Å². The third-order valence-electron chi connectivity index (χ3n) is 3.38. The third kappa shape index (κ3) is 6.19. The van der Waals surface area contributed by atoms with E-state index < -0.39 is 0 Å². The molecular weight excluding hydrogens is 280 g/mol. The number of anilines is 1. The highest BCUT2D eigenvalue weighted by Crippen LogP contribution is 2.16. The van der Waals surface area contributed by atoms with Gasteiger partial charge in [-0.1, -0.05) is 56.3 Å². The second kappa shape index (κ2) is 9.43. The molecule has 21 heavy (non-hydrogen) atoms. The standard InChI is InChI=1S/C18H24N2.ClH/c1-15(2)17-8-10-18(11-9-17)20-13-12-19-14-16-6-4-3-5-7-16;/h3-11,15,19-20H,12-14H2,1-2H3;1H. The van der Waals surface area contributed by atoms with Gasteiger partial charge in [-0.3, -0.25) is 0 Å². The van der Waals surface area contributed by atoms with Gasteiger partial charge in [-0.25, -0.2) is 0 Å². The number of nitrogens with one attached hydrogen (secondary N) is 2. The molecular formula is C18H25ClN2. The fourth-order valence-electron chi connectivity index (χ4n) is 2.11. The first-order valence-electron chi connectivity index (χ1n) is 7.34. The lowest BCUT2D eigenvalue weighted by Gasteiger charge is -2.10. The summed E-state index contributed by atoms with van der Waals surface area (Å²) in [6, 6.07) is 19.2. The van der Waals surface area contributed by atoms with Crippen molar-refractivity contribution in [2.45, 2.75) is 26.3 Å². The summed E-state index contributed by atoms with van der Waals surface area (Å²) in [5.41, 5.74) is 3.91. The lowest BCUT2D eigenvalue weighted by atomic mass is 10.0. The fraction of sp³-hybridized carbons (Fsp3) is 0.333. The first kappa shape index (κ1) is 17.5. The summed E-state index contributed by atoms with van der Waals surface area (Å²) in [7, 11) is 0. The molecule has 0 radical (unpaired) electrons. The summed E-state index contributed by atoms with van der Waals surface area (Å²) in [5.74, 6) is 0.594. The van der Waals surface area contributed by atoms with Crippen LogP contribution in [0.1, 0.15) is 30.9 Å². The lowest BCUT2D eigenvalue weighted by molar-refractivity contribution is 0.707. The van der Waals surface area contributed by atoms with Gasteiger partial charge in [-0.2, -0.15) is 0 Å². The van der Waals surface area contributed by atoms with Gasteiger partial charge in [0.1, 0.15) is 0 Å². The van der Waals surface area contributed by atoms with Gasteiger partial charge in [0, 0.05) is 25.3 Å². The molecule has 0 aromatic heterocycles. The Balaban J connectivity index is 0.00000220. The summed E-state index contributed by atoms with van der Waals surface area (Å²) < 4.78 is 0. The molecule has 3 heteroatoms. The minimum atomic E-state index is 0. The Kier molecular flexibility index (Phi) is 7.88. The first-order chi connectivity index (χ1) is 9.75. The Hall–Kier alpha value is -1.51. The normalized spacial score (nSPS) is 10.2. The maximum absolute atomic E-state index is 3.44. The van der Waals surface area contributed by atoms with Crippen molar-refractivity contribution >= 4 is 18.1 Å². The first-order valence-corrected chi connectivity index (χ1v) is 7.34. The minimum Gasteiger partial charge on any atom is -0.384 e. The van der Waals surface area contributed by atoms with Crippen molar-refractivity contribution in [3.8, 4) is 0 Å². The van der Waals surface area contributed by atoms with Crippen molar-refractivity contribution in [3.05, 3.63) is 65.7 Å². The van der Waals surface area contributed by atoms with Gasteiger partial charge in [-0.05, 0) is 29.2 Å². The van der Waals surface area contributed by atoms with Gasteiger partial charge >= 0.3 is 0 Å². The van der Waals surface area contributed by atoms with E-state index in [-0.39, 0.29) is 12.4 Å².